The maximum absolute atomic E-state index is 12.9. The maximum Gasteiger partial charge on any atom is 0.274 e. The third kappa shape index (κ3) is 2.95. The predicted octanol–water partition coefficient (Wildman–Crippen LogP) is 2.77. The van der Waals surface area contributed by atoms with Gasteiger partial charge in [0, 0.05) is 12.1 Å². The van der Waals surface area contributed by atoms with Crippen LogP contribution in [0.4, 0.5) is 5.69 Å². The third-order valence-electron chi connectivity index (χ3n) is 4.22. The van der Waals surface area contributed by atoms with Crippen molar-refractivity contribution >= 4 is 39.1 Å². The maximum atomic E-state index is 12.9. The quantitative estimate of drug-likeness (QED) is 0.380. The van der Waals surface area contributed by atoms with Gasteiger partial charge in [-0.3, -0.25) is 14.9 Å². The van der Waals surface area contributed by atoms with Crippen molar-refractivity contribution in [1.82, 2.24) is 9.38 Å². The predicted molar refractivity (Wildman–Crippen MR) is 106 cm³/mol. The van der Waals surface area contributed by atoms with Crippen molar-refractivity contribution in [2.75, 3.05) is 13.7 Å². The van der Waals surface area contributed by atoms with Crippen LogP contribution in [0.2, 0.25) is 0 Å². The third-order valence-corrected chi connectivity index (χ3v) is 5.19. The molecule has 4 rings (SSSR count). The van der Waals surface area contributed by atoms with E-state index in [2.05, 4.69) is 4.98 Å². The Bertz CT molecular complexity index is 1330. The van der Waals surface area contributed by atoms with E-state index < -0.39 is 4.92 Å². The van der Waals surface area contributed by atoms with Crippen LogP contribution in [0, 0.1) is 10.1 Å². The average molecular weight is 397 g/mol. The van der Waals surface area contributed by atoms with Crippen LogP contribution in [-0.2, 0) is 0 Å². The standard InChI is InChI=1S/C19H15N3O5S/c1-3-27-15-7-4-11(8-16(15)26-2)9-17-18(23)21-14-10-12(22(24)25)5-6-13(14)20-19(21)28-17/h4-10H,3H2,1-2H3/b17-9+. The molecule has 2 aromatic carbocycles. The topological polar surface area (TPSA) is 96.0 Å². The van der Waals surface area contributed by atoms with E-state index in [4.69, 9.17) is 9.47 Å². The lowest BCUT2D eigenvalue weighted by molar-refractivity contribution is -0.384. The first-order chi connectivity index (χ1) is 13.5. The lowest BCUT2D eigenvalue weighted by atomic mass is 10.2. The number of nitro benzene ring substituents is 1. The van der Waals surface area contributed by atoms with E-state index in [-0.39, 0.29) is 11.2 Å². The van der Waals surface area contributed by atoms with Crippen LogP contribution >= 0.6 is 11.3 Å². The van der Waals surface area contributed by atoms with Crippen LogP contribution in [0.5, 0.6) is 11.5 Å². The summed E-state index contributed by atoms with van der Waals surface area (Å²) in [6, 6.07) is 9.70. The molecule has 2 heterocycles. The van der Waals surface area contributed by atoms with Crippen molar-refractivity contribution in [3.8, 4) is 11.5 Å². The Kier molecular flexibility index (Phi) is 4.44. The van der Waals surface area contributed by atoms with Gasteiger partial charge in [0.15, 0.2) is 16.5 Å². The molecule has 0 aliphatic carbocycles. The highest BCUT2D eigenvalue weighted by Gasteiger charge is 2.15. The summed E-state index contributed by atoms with van der Waals surface area (Å²) in [6.45, 7) is 2.41. The number of ether oxygens (including phenoxy) is 2. The van der Waals surface area contributed by atoms with Crippen molar-refractivity contribution in [3.63, 3.8) is 0 Å². The minimum absolute atomic E-state index is 0.0818. The molecule has 0 aliphatic rings. The van der Waals surface area contributed by atoms with Crippen molar-refractivity contribution in [1.29, 1.82) is 0 Å². The SMILES string of the molecule is CCOc1ccc(/C=c2/sc3nc4ccc([N+](=O)[O-])cc4n3c2=O)cc1OC. The van der Waals surface area contributed by atoms with E-state index in [1.54, 1.807) is 31.4 Å². The first kappa shape index (κ1) is 17.9. The smallest absolute Gasteiger partial charge is 0.274 e. The van der Waals surface area contributed by atoms with Gasteiger partial charge in [-0.25, -0.2) is 9.38 Å². The molecular weight excluding hydrogens is 382 g/mol. The molecule has 0 N–H and O–H groups in total. The number of non-ortho nitro benzene ring substituents is 1. The van der Waals surface area contributed by atoms with E-state index in [1.165, 1.54) is 27.9 Å². The Labute approximate surface area is 162 Å². The number of methoxy groups -OCH3 is 1. The summed E-state index contributed by atoms with van der Waals surface area (Å²) in [4.78, 5) is 28.3. The van der Waals surface area contributed by atoms with Gasteiger partial charge in [0.2, 0.25) is 0 Å². The summed E-state index contributed by atoms with van der Waals surface area (Å²) in [5.74, 6) is 1.20. The summed E-state index contributed by atoms with van der Waals surface area (Å²) in [5.41, 5.74) is 1.40. The lowest BCUT2D eigenvalue weighted by Gasteiger charge is -2.09. The van der Waals surface area contributed by atoms with E-state index in [1.807, 2.05) is 13.0 Å². The Balaban J connectivity index is 1.87. The Morgan fingerprint density at radius 2 is 2.07 bits per heavy atom. The number of nitrogens with zero attached hydrogens (tertiary/aromatic N) is 3. The average Bonchev–Trinajstić information content (AvgIpc) is 3.19. The number of nitro groups is 1. The molecule has 0 aliphatic heterocycles. The van der Waals surface area contributed by atoms with E-state index in [9.17, 15) is 14.9 Å². The van der Waals surface area contributed by atoms with Gasteiger partial charge >= 0.3 is 0 Å². The molecule has 142 valence electrons. The molecule has 9 heteroatoms. The molecule has 0 atom stereocenters. The highest BCUT2D eigenvalue weighted by molar-refractivity contribution is 7.15. The molecule has 0 bridgehead atoms. The zero-order chi connectivity index (χ0) is 19.8. The van der Waals surface area contributed by atoms with Crippen LogP contribution in [-0.4, -0.2) is 28.0 Å². The van der Waals surface area contributed by atoms with E-state index in [0.29, 0.717) is 38.6 Å². The number of imidazole rings is 1. The number of aromatic nitrogens is 2. The molecule has 28 heavy (non-hydrogen) atoms. The van der Waals surface area contributed by atoms with Crippen LogP contribution < -0.4 is 19.6 Å². The second kappa shape index (κ2) is 6.93. The highest BCUT2D eigenvalue weighted by Crippen LogP contribution is 2.28. The number of hydrogen-bond acceptors (Lipinski definition) is 7. The molecule has 0 amide bonds. The van der Waals surface area contributed by atoms with Crippen LogP contribution in [0.15, 0.2) is 41.2 Å². The minimum Gasteiger partial charge on any atom is -0.493 e. The molecule has 0 fully saturated rings. The Morgan fingerprint density at radius 1 is 1.25 bits per heavy atom. The lowest BCUT2D eigenvalue weighted by Crippen LogP contribution is -2.22. The normalized spacial score (nSPS) is 12.0. The van der Waals surface area contributed by atoms with Crippen LogP contribution in [0.3, 0.4) is 0 Å². The second-order valence-corrected chi connectivity index (χ2v) is 6.93. The minimum atomic E-state index is -0.491. The van der Waals surface area contributed by atoms with Gasteiger partial charge in [-0.15, -0.1) is 0 Å². The van der Waals surface area contributed by atoms with Gasteiger partial charge in [-0.1, -0.05) is 17.4 Å². The van der Waals surface area contributed by atoms with Crippen molar-refractivity contribution in [2.45, 2.75) is 6.92 Å². The molecule has 0 radical (unpaired) electrons. The number of benzene rings is 2. The molecular formula is C19H15N3O5S. The monoisotopic (exact) mass is 397 g/mol. The zero-order valence-corrected chi connectivity index (χ0v) is 15.9. The Morgan fingerprint density at radius 3 is 2.79 bits per heavy atom. The fourth-order valence-corrected chi connectivity index (χ4v) is 3.95. The van der Waals surface area contributed by atoms with Crippen LogP contribution in [0.25, 0.3) is 22.1 Å². The van der Waals surface area contributed by atoms with E-state index in [0.717, 1.165) is 5.56 Å². The molecule has 0 spiro atoms. The zero-order valence-electron chi connectivity index (χ0n) is 15.0. The van der Waals surface area contributed by atoms with Gasteiger partial charge in [-0.05, 0) is 36.8 Å². The van der Waals surface area contributed by atoms with Crippen molar-refractivity contribution in [3.05, 3.63) is 67.0 Å². The summed E-state index contributed by atoms with van der Waals surface area (Å²) < 4.78 is 12.7. The molecule has 0 saturated heterocycles. The van der Waals surface area contributed by atoms with Gasteiger partial charge in [0.25, 0.3) is 11.2 Å². The fraction of sp³-hybridized carbons (Fsp3) is 0.158. The molecule has 4 aromatic rings. The van der Waals surface area contributed by atoms with E-state index >= 15 is 0 Å². The van der Waals surface area contributed by atoms with Gasteiger partial charge in [-0.2, -0.15) is 0 Å². The number of hydrogen-bond donors (Lipinski definition) is 0. The fourth-order valence-electron chi connectivity index (χ4n) is 2.96. The summed E-state index contributed by atoms with van der Waals surface area (Å²) in [5, 5.41) is 11.0. The van der Waals surface area contributed by atoms with Crippen LogP contribution in [0.1, 0.15) is 12.5 Å². The van der Waals surface area contributed by atoms with Gasteiger partial charge in [0.05, 0.1) is 34.2 Å². The molecule has 8 nitrogen and oxygen atoms in total. The summed E-state index contributed by atoms with van der Waals surface area (Å²) in [7, 11) is 1.55. The first-order valence-electron chi connectivity index (χ1n) is 8.43. The number of rotatable bonds is 5. The van der Waals surface area contributed by atoms with Crippen molar-refractivity contribution in [2.24, 2.45) is 0 Å². The summed E-state index contributed by atoms with van der Waals surface area (Å²) >= 11 is 1.23. The first-order valence-corrected chi connectivity index (χ1v) is 9.25. The molecule has 0 saturated carbocycles. The Hall–Kier alpha value is -3.46. The summed E-state index contributed by atoms with van der Waals surface area (Å²) in [6.07, 6.45) is 1.74. The van der Waals surface area contributed by atoms with Gasteiger partial charge in [0.1, 0.15) is 0 Å². The molecule has 0 unspecified atom stereocenters. The van der Waals surface area contributed by atoms with Crippen molar-refractivity contribution < 1.29 is 14.4 Å². The number of fused-ring (bicyclic) bond motifs is 3. The molecule has 2 aromatic heterocycles. The second-order valence-electron chi connectivity index (χ2n) is 5.92. The van der Waals surface area contributed by atoms with Gasteiger partial charge < -0.3 is 9.47 Å². The number of thiazole rings is 1. The largest absolute Gasteiger partial charge is 0.493 e. The highest BCUT2D eigenvalue weighted by atomic mass is 32.1.